The van der Waals surface area contributed by atoms with Crippen molar-refractivity contribution in [2.24, 2.45) is 0 Å². The average molecular weight is 323 g/mol. The highest BCUT2D eigenvalue weighted by atomic mass is 32.2. The number of aromatic nitrogens is 1. The molecule has 0 aliphatic rings. The van der Waals surface area contributed by atoms with E-state index in [9.17, 15) is 13.2 Å². The maximum absolute atomic E-state index is 11.9. The lowest BCUT2D eigenvalue weighted by Crippen LogP contribution is -2.33. The van der Waals surface area contributed by atoms with E-state index >= 15 is 0 Å². The Kier molecular flexibility index (Phi) is 4.81. The number of rotatable bonds is 6. The minimum atomic E-state index is -3.54. The van der Waals surface area contributed by atoms with Gasteiger partial charge in [-0.25, -0.2) is 8.42 Å². The molecule has 2 rings (SSSR count). The van der Waals surface area contributed by atoms with Crippen molar-refractivity contribution in [3.8, 4) is 0 Å². The van der Waals surface area contributed by atoms with Crippen molar-refractivity contribution in [2.45, 2.75) is 13.3 Å². The number of nitrogens with zero attached hydrogens (tertiary/aromatic N) is 2. The van der Waals surface area contributed by atoms with Crippen LogP contribution in [0.4, 0.5) is 11.5 Å². The van der Waals surface area contributed by atoms with Gasteiger partial charge in [0.1, 0.15) is 5.76 Å². The SMILES string of the molecule is Cc1cc(N(CCC(=O)Nc2ccccc2)S(C)(=O)=O)no1. The van der Waals surface area contributed by atoms with Gasteiger partial charge in [-0.05, 0) is 19.1 Å². The first kappa shape index (κ1) is 16.0. The lowest BCUT2D eigenvalue weighted by Gasteiger charge is -2.18. The van der Waals surface area contributed by atoms with Crippen LogP contribution in [-0.2, 0) is 14.8 Å². The summed E-state index contributed by atoms with van der Waals surface area (Å²) in [6.45, 7) is 1.66. The van der Waals surface area contributed by atoms with E-state index in [1.54, 1.807) is 31.2 Å². The van der Waals surface area contributed by atoms with Crippen LogP contribution in [0.2, 0.25) is 0 Å². The van der Waals surface area contributed by atoms with Crippen molar-refractivity contribution >= 4 is 27.4 Å². The second kappa shape index (κ2) is 6.61. The molecular formula is C14H17N3O4S. The first-order valence-corrected chi connectivity index (χ1v) is 8.47. The Morgan fingerprint density at radius 2 is 2.00 bits per heavy atom. The quantitative estimate of drug-likeness (QED) is 0.874. The molecule has 1 N–H and O–H groups in total. The highest BCUT2D eigenvalue weighted by Crippen LogP contribution is 2.17. The molecule has 22 heavy (non-hydrogen) atoms. The van der Waals surface area contributed by atoms with Crippen LogP contribution < -0.4 is 9.62 Å². The predicted molar refractivity (Wildman–Crippen MR) is 83.1 cm³/mol. The highest BCUT2D eigenvalue weighted by molar-refractivity contribution is 7.92. The summed E-state index contributed by atoms with van der Waals surface area (Å²) >= 11 is 0. The summed E-state index contributed by atoms with van der Waals surface area (Å²) in [6.07, 6.45) is 1.07. The second-order valence-corrected chi connectivity index (χ2v) is 6.70. The Morgan fingerprint density at radius 3 is 2.55 bits per heavy atom. The summed E-state index contributed by atoms with van der Waals surface area (Å²) in [5.41, 5.74) is 0.663. The fourth-order valence-electron chi connectivity index (χ4n) is 1.87. The van der Waals surface area contributed by atoms with Gasteiger partial charge in [-0.15, -0.1) is 0 Å². The monoisotopic (exact) mass is 323 g/mol. The van der Waals surface area contributed by atoms with Gasteiger partial charge < -0.3 is 9.84 Å². The normalized spacial score (nSPS) is 11.2. The maximum Gasteiger partial charge on any atom is 0.233 e. The molecule has 7 nitrogen and oxygen atoms in total. The van der Waals surface area contributed by atoms with Crippen LogP contribution in [0.1, 0.15) is 12.2 Å². The molecule has 0 aliphatic heterocycles. The summed E-state index contributed by atoms with van der Waals surface area (Å²) in [5.74, 6) is 0.393. The van der Waals surface area contributed by atoms with Crippen molar-refractivity contribution in [2.75, 3.05) is 22.4 Å². The number of sulfonamides is 1. The number of anilines is 2. The zero-order valence-corrected chi connectivity index (χ0v) is 13.1. The third-order valence-corrected chi connectivity index (χ3v) is 4.04. The standard InChI is InChI=1S/C14H17N3O4S/c1-11-10-13(16-21-11)17(22(2,19)20)9-8-14(18)15-12-6-4-3-5-7-12/h3-7,10H,8-9H2,1-2H3,(H,15,18). The van der Waals surface area contributed by atoms with Gasteiger partial charge in [0.2, 0.25) is 15.9 Å². The Morgan fingerprint density at radius 1 is 1.32 bits per heavy atom. The molecule has 8 heteroatoms. The molecule has 0 aliphatic carbocycles. The van der Waals surface area contributed by atoms with Crippen LogP contribution in [0.25, 0.3) is 0 Å². The van der Waals surface area contributed by atoms with Crippen LogP contribution in [0, 0.1) is 6.92 Å². The molecule has 0 bridgehead atoms. The molecule has 2 aromatic rings. The molecule has 1 aromatic carbocycles. The first-order chi connectivity index (χ1) is 10.4. The molecule has 118 valence electrons. The first-order valence-electron chi connectivity index (χ1n) is 6.62. The van der Waals surface area contributed by atoms with Crippen LogP contribution in [0.15, 0.2) is 40.9 Å². The molecule has 0 radical (unpaired) electrons. The Hall–Kier alpha value is -2.35. The van der Waals surface area contributed by atoms with Crippen molar-refractivity contribution in [1.29, 1.82) is 0 Å². The number of carbonyl (C=O) groups excluding carboxylic acids is 1. The molecule has 0 saturated heterocycles. The van der Waals surface area contributed by atoms with Crippen molar-refractivity contribution in [3.63, 3.8) is 0 Å². The second-order valence-electron chi connectivity index (χ2n) is 4.80. The van der Waals surface area contributed by atoms with E-state index in [1.807, 2.05) is 6.07 Å². The van der Waals surface area contributed by atoms with Crippen molar-refractivity contribution in [3.05, 3.63) is 42.2 Å². The largest absolute Gasteiger partial charge is 0.360 e. The molecule has 0 spiro atoms. The minimum absolute atomic E-state index is 0.00781. The van der Waals surface area contributed by atoms with Gasteiger partial charge in [0.05, 0.1) is 6.26 Å². The van der Waals surface area contributed by atoms with Gasteiger partial charge in [-0.3, -0.25) is 9.10 Å². The van der Waals surface area contributed by atoms with Gasteiger partial charge in [0, 0.05) is 24.7 Å². The van der Waals surface area contributed by atoms with E-state index in [0.29, 0.717) is 11.4 Å². The molecule has 1 amide bonds. The maximum atomic E-state index is 11.9. The number of nitrogens with one attached hydrogen (secondary N) is 1. The summed E-state index contributed by atoms with van der Waals surface area (Å²) in [5, 5.41) is 6.39. The topological polar surface area (TPSA) is 92.5 Å². The number of carbonyl (C=O) groups is 1. The number of para-hydroxylation sites is 1. The van der Waals surface area contributed by atoms with E-state index < -0.39 is 10.0 Å². The van der Waals surface area contributed by atoms with Gasteiger partial charge in [0.15, 0.2) is 5.82 Å². The minimum Gasteiger partial charge on any atom is -0.360 e. The Labute approximate surface area is 129 Å². The third kappa shape index (κ3) is 4.32. The van der Waals surface area contributed by atoms with E-state index in [4.69, 9.17) is 4.52 Å². The molecule has 0 saturated carbocycles. The van der Waals surface area contributed by atoms with Crippen LogP contribution in [0.3, 0.4) is 0 Å². The number of aryl methyl sites for hydroxylation is 1. The summed E-state index contributed by atoms with van der Waals surface area (Å²) in [7, 11) is -3.54. The summed E-state index contributed by atoms with van der Waals surface area (Å²) in [6, 6.07) is 10.5. The average Bonchev–Trinajstić information content (AvgIpc) is 2.85. The predicted octanol–water partition coefficient (Wildman–Crippen LogP) is 1.78. The fourth-order valence-corrected chi connectivity index (χ4v) is 2.72. The zero-order chi connectivity index (χ0) is 16.2. The lowest BCUT2D eigenvalue weighted by atomic mass is 10.3. The van der Waals surface area contributed by atoms with Gasteiger partial charge in [-0.1, -0.05) is 23.4 Å². The fraction of sp³-hybridized carbons (Fsp3) is 0.286. The van der Waals surface area contributed by atoms with Crippen molar-refractivity contribution in [1.82, 2.24) is 5.16 Å². The molecule has 1 aromatic heterocycles. The van der Waals surface area contributed by atoms with Gasteiger partial charge in [0.25, 0.3) is 0 Å². The Balaban J connectivity index is 2.01. The number of hydrogen-bond acceptors (Lipinski definition) is 5. The molecule has 0 unspecified atom stereocenters. The number of hydrogen-bond donors (Lipinski definition) is 1. The smallest absolute Gasteiger partial charge is 0.233 e. The number of amides is 1. The Bertz CT molecular complexity index is 740. The van der Waals surface area contributed by atoms with E-state index in [0.717, 1.165) is 10.6 Å². The van der Waals surface area contributed by atoms with Crippen LogP contribution >= 0.6 is 0 Å². The van der Waals surface area contributed by atoms with Gasteiger partial charge >= 0.3 is 0 Å². The number of benzene rings is 1. The molecule has 1 heterocycles. The van der Waals surface area contributed by atoms with Crippen LogP contribution in [0.5, 0.6) is 0 Å². The van der Waals surface area contributed by atoms with E-state index in [-0.39, 0.29) is 24.7 Å². The lowest BCUT2D eigenvalue weighted by molar-refractivity contribution is -0.116. The summed E-state index contributed by atoms with van der Waals surface area (Å²) < 4.78 is 29.6. The van der Waals surface area contributed by atoms with E-state index in [2.05, 4.69) is 10.5 Å². The zero-order valence-electron chi connectivity index (χ0n) is 12.3. The van der Waals surface area contributed by atoms with Crippen LogP contribution in [-0.4, -0.2) is 32.3 Å². The highest BCUT2D eigenvalue weighted by Gasteiger charge is 2.21. The van der Waals surface area contributed by atoms with Gasteiger partial charge in [-0.2, -0.15) is 0 Å². The van der Waals surface area contributed by atoms with Crippen molar-refractivity contribution < 1.29 is 17.7 Å². The third-order valence-electron chi connectivity index (χ3n) is 2.87. The van der Waals surface area contributed by atoms with E-state index in [1.165, 1.54) is 6.07 Å². The molecule has 0 fully saturated rings. The summed E-state index contributed by atoms with van der Waals surface area (Å²) in [4.78, 5) is 11.9. The molecule has 0 atom stereocenters. The molecular weight excluding hydrogens is 306 g/mol.